The number of furan rings is 1. The molecule has 0 saturated carbocycles. The predicted octanol–water partition coefficient (Wildman–Crippen LogP) is 30.8. The number of carbonyl (C=O) groups is 3. The van der Waals surface area contributed by atoms with Crippen LogP contribution < -0.4 is 0 Å². The summed E-state index contributed by atoms with van der Waals surface area (Å²) in [6.45, 7) is 45.0. The zero-order valence-electron chi connectivity index (χ0n) is 79.1. The standard InChI is InChI=1S/2C32H26N.C27H24NO.C11H20O2.C10H18O2.C5H8O2.3Ir/c2*1-20-14-21(2)16-23(15-20)30-18-25(22-10-6-5-7-11-22)27-17-26-24-12-8-9-13-28(24)32(3,4)29(26)19-31(27)33-30;1-16(2)9-19-13-24(20-11-17(3)10-18(4)12-20)28-25-15-27-23(14-22(19)25)21-7-5-6-8-26(21)29-27;1-8(2)5-10(12)7-11(13)6-9(3)4;1-7(2)5-9(11)6-10(12)8(3)4;1-4(6)3-5(2)7;;;/h2*5-15,17-19H,1-4H3;5-8,10-11,13-16H,9H2,1-4H3;7-9,12H,5-6H2,1-4H3;6-8,12H,5H2,1-4H3;3,6H,1-2H3;;;/q3*-1;;;;;;. The van der Waals surface area contributed by atoms with Crippen molar-refractivity contribution in [3.63, 3.8) is 0 Å². The predicted molar refractivity (Wildman–Crippen MR) is 530 cm³/mol. The van der Waals surface area contributed by atoms with Gasteiger partial charge >= 0.3 is 0 Å². The molecule has 2 aliphatic carbocycles. The number of nitrogens with zero attached hydrogens (tertiary/aromatic N) is 3. The van der Waals surface area contributed by atoms with Gasteiger partial charge < -0.3 is 19.7 Å². The number of fused-ring (bicyclic) bond motifs is 12. The Hall–Kier alpha value is -11.0. The van der Waals surface area contributed by atoms with Crippen LogP contribution in [0.15, 0.2) is 264 Å². The van der Waals surface area contributed by atoms with Crippen molar-refractivity contribution < 1.29 is 94.4 Å². The third-order valence-corrected chi connectivity index (χ3v) is 23.0. The first-order chi connectivity index (χ1) is 60.3. The molecule has 0 saturated heterocycles. The van der Waals surface area contributed by atoms with Crippen LogP contribution in [-0.2, 0) is 92.0 Å². The van der Waals surface area contributed by atoms with Crippen LogP contribution in [0, 0.1) is 89.3 Å². The smallest absolute Gasteiger partial charge is 0.159 e. The van der Waals surface area contributed by atoms with E-state index in [9.17, 15) is 24.6 Å². The quantitative estimate of drug-likeness (QED) is 0.0454. The molecule has 4 heterocycles. The topological polar surface area (TPSA) is 164 Å². The Balaban J connectivity index is 0.000000187. The maximum absolute atomic E-state index is 11.2. The van der Waals surface area contributed by atoms with Gasteiger partial charge in [-0.05, 0) is 170 Å². The van der Waals surface area contributed by atoms with E-state index in [-0.39, 0.29) is 112 Å². The molecule has 3 radical (unpaired) electrons. The third-order valence-electron chi connectivity index (χ3n) is 23.0. The molecule has 0 amide bonds. The number of allylic oxidation sites excluding steroid dienone is 6. The summed E-state index contributed by atoms with van der Waals surface area (Å²) in [6, 6.07) is 91.2. The number of pyridine rings is 3. The first-order valence-corrected chi connectivity index (χ1v) is 44.6. The van der Waals surface area contributed by atoms with Gasteiger partial charge in [-0.2, -0.15) is 0 Å². The molecule has 11 aromatic carbocycles. The summed E-state index contributed by atoms with van der Waals surface area (Å²) in [7, 11) is 0. The number of ketones is 3. The fraction of sp³-hybridized carbons (Fsp3) is 0.282. The van der Waals surface area contributed by atoms with Crippen molar-refractivity contribution in [1.29, 1.82) is 0 Å². The number of rotatable bonds is 17. The summed E-state index contributed by atoms with van der Waals surface area (Å²) < 4.78 is 6.12. The van der Waals surface area contributed by atoms with Crippen LogP contribution in [-0.4, -0.2) is 47.6 Å². The van der Waals surface area contributed by atoms with Gasteiger partial charge in [-0.3, -0.25) is 29.3 Å². The zero-order chi connectivity index (χ0) is 91.6. The summed E-state index contributed by atoms with van der Waals surface area (Å²) >= 11 is 0. The van der Waals surface area contributed by atoms with Gasteiger partial charge in [0.1, 0.15) is 11.2 Å². The van der Waals surface area contributed by atoms with E-state index in [4.69, 9.17) is 24.5 Å². The first kappa shape index (κ1) is 103. The van der Waals surface area contributed by atoms with Crippen molar-refractivity contribution in [2.45, 2.75) is 189 Å². The van der Waals surface area contributed by atoms with Crippen LogP contribution in [0.4, 0.5) is 0 Å². The molecular formula is C117H122Ir3N3O7-3. The van der Waals surface area contributed by atoms with Crippen molar-refractivity contribution in [1.82, 2.24) is 15.0 Å². The van der Waals surface area contributed by atoms with Crippen molar-refractivity contribution >= 4 is 72.0 Å². The number of carbonyl (C=O) groups excluding carboxylic acids is 3. The molecule has 17 rings (SSSR count). The monoisotopic (exact) mass is 2260 g/mol. The van der Waals surface area contributed by atoms with E-state index in [0.29, 0.717) is 42.9 Å². The van der Waals surface area contributed by atoms with Crippen LogP contribution in [0.2, 0.25) is 0 Å². The Bertz CT molecular complexity index is 6400. The second kappa shape index (κ2) is 44.8. The molecule has 10 nitrogen and oxygen atoms in total. The largest absolute Gasteiger partial charge is 0.512 e. The Labute approximate surface area is 810 Å². The Morgan fingerprint density at radius 1 is 0.369 bits per heavy atom. The minimum atomic E-state index is -0.125. The minimum Gasteiger partial charge on any atom is -0.512 e. The van der Waals surface area contributed by atoms with Crippen molar-refractivity contribution in [2.75, 3.05) is 0 Å². The molecule has 15 aromatic rings. The van der Waals surface area contributed by atoms with Crippen LogP contribution in [0.3, 0.4) is 0 Å². The summed E-state index contributed by atoms with van der Waals surface area (Å²) in [4.78, 5) is 47.8. The average molecular weight is 2260 g/mol. The molecule has 0 fully saturated rings. The number of aromatic nitrogens is 3. The zero-order valence-corrected chi connectivity index (χ0v) is 86.3. The first-order valence-electron chi connectivity index (χ1n) is 44.6. The fourth-order valence-corrected chi connectivity index (χ4v) is 17.4. The summed E-state index contributed by atoms with van der Waals surface area (Å²) in [5, 5.41) is 32.9. The van der Waals surface area contributed by atoms with Gasteiger partial charge in [-0.25, -0.2) is 0 Å². The van der Waals surface area contributed by atoms with Crippen molar-refractivity contribution in [3.8, 4) is 78.3 Å². The van der Waals surface area contributed by atoms with Gasteiger partial charge in [0.2, 0.25) is 0 Å². The molecule has 4 aromatic heterocycles. The number of aliphatic hydroxyl groups is 3. The van der Waals surface area contributed by atoms with E-state index < -0.39 is 0 Å². The Kier molecular flexibility index (Phi) is 35.4. The van der Waals surface area contributed by atoms with Crippen molar-refractivity contribution in [3.05, 3.63) is 339 Å². The van der Waals surface area contributed by atoms with Crippen molar-refractivity contribution in [2.24, 2.45) is 29.6 Å². The van der Waals surface area contributed by atoms with Gasteiger partial charge in [0.25, 0.3) is 0 Å². The molecule has 677 valence electrons. The molecule has 130 heavy (non-hydrogen) atoms. The minimum absolute atomic E-state index is 0. The van der Waals surface area contributed by atoms with E-state index in [1.807, 2.05) is 67.5 Å². The van der Waals surface area contributed by atoms with Crippen LogP contribution >= 0.6 is 0 Å². The molecule has 0 atom stereocenters. The van der Waals surface area contributed by atoms with Gasteiger partial charge in [0.05, 0.1) is 33.8 Å². The molecule has 13 heteroatoms. The normalized spacial score (nSPS) is 12.7. The Morgan fingerprint density at radius 3 is 1.15 bits per heavy atom. The van der Waals surface area contributed by atoms with E-state index in [0.717, 1.165) is 95.4 Å². The Morgan fingerprint density at radius 2 is 0.762 bits per heavy atom. The molecule has 0 unspecified atom stereocenters. The average Bonchev–Trinajstić information content (AvgIpc) is 1.57. The van der Waals surface area contributed by atoms with Crippen LogP contribution in [0.25, 0.3) is 133 Å². The molecule has 0 aliphatic heterocycles. The van der Waals surface area contributed by atoms with E-state index >= 15 is 0 Å². The van der Waals surface area contributed by atoms with E-state index in [1.54, 1.807) is 0 Å². The molecule has 0 bridgehead atoms. The summed E-state index contributed by atoms with van der Waals surface area (Å²) in [6.07, 6.45) is 6.49. The number of hydrogen-bond donors (Lipinski definition) is 3. The van der Waals surface area contributed by atoms with Crippen LogP contribution in [0.5, 0.6) is 0 Å². The van der Waals surface area contributed by atoms with Crippen LogP contribution in [0.1, 0.15) is 191 Å². The number of aliphatic hydroxyl groups excluding tert-OH is 3. The SMILES string of the molecule is CC(=O)C=C(C)O.CC(C)CC(=O)C=C(O)C(C)C.CC(C)CC(=O)C=C(O)CC(C)C.Cc1[c-]c(-c2cc(-c3ccccc3)c3cc4c(cc3n2)C(C)(C)c2ccccc2-4)cc(C)c1.Cc1[c-]c(-c2cc(-c3ccccc3)c3cc4c(cc3n2)C(C)(C)c2ccccc2-4)cc(C)c1.Cc1[c-]c(-c2cc(CC(C)C)c3cc4c(cc3n2)oc2ccccc24)cc(C)c1.[Ir].[Ir].[Ir]. The number of benzene rings is 11. The molecule has 2 aliphatic rings. The maximum Gasteiger partial charge on any atom is 0.159 e. The van der Waals surface area contributed by atoms with Gasteiger partial charge in [-0.1, -0.05) is 284 Å². The number of aryl methyl sites for hydroxylation is 6. The van der Waals surface area contributed by atoms with E-state index in [2.05, 4.69) is 314 Å². The van der Waals surface area contributed by atoms with E-state index in [1.165, 1.54) is 137 Å². The summed E-state index contributed by atoms with van der Waals surface area (Å²) in [5.74, 6) is 2.07. The maximum atomic E-state index is 11.2. The second-order valence-corrected chi connectivity index (χ2v) is 37.5. The third kappa shape index (κ3) is 25.2. The number of para-hydroxylation sites is 1. The van der Waals surface area contributed by atoms with Gasteiger partial charge in [-0.15, -0.1) is 105 Å². The number of hydrogen-bond acceptors (Lipinski definition) is 10. The second-order valence-electron chi connectivity index (χ2n) is 37.5. The summed E-state index contributed by atoms with van der Waals surface area (Å²) in [5.41, 5.74) is 35.0. The molecular weight excluding hydrogens is 2140 g/mol. The molecule has 3 N–H and O–H groups in total. The van der Waals surface area contributed by atoms with Gasteiger partial charge in [0.15, 0.2) is 17.3 Å². The fourth-order valence-electron chi connectivity index (χ4n) is 17.4. The molecule has 0 spiro atoms. The van der Waals surface area contributed by atoms with Gasteiger partial charge in [0, 0.05) is 148 Å².